The second kappa shape index (κ2) is 5.14. The normalized spacial score (nSPS) is 11.1. The Morgan fingerprint density at radius 1 is 1.47 bits per heavy atom. The molecular weight excluding hydrogens is 246 g/mol. The second-order valence-corrected chi connectivity index (χ2v) is 3.73. The monoisotopic (exact) mass is 256 g/mol. The molecule has 1 aromatic carbocycles. The predicted octanol–water partition coefficient (Wildman–Crippen LogP) is 2.87. The zero-order valence-electron chi connectivity index (χ0n) is 10.1. The van der Waals surface area contributed by atoms with E-state index in [4.69, 9.17) is 10.1 Å². The minimum absolute atomic E-state index is 0.213. The summed E-state index contributed by atoms with van der Waals surface area (Å²) >= 11 is 0. The number of diazo groups is 1. The van der Waals surface area contributed by atoms with Gasteiger partial charge in [-0.15, -0.1) is 0 Å². The standard InChI is InChI=1S/C13H9N3O3/c1-8(17)19-12-4-2-3-10-9(11(18)7-16-14)5-6-15-13(10)12/h2-7H,1H3/p+1. The van der Waals surface area contributed by atoms with Crippen molar-refractivity contribution < 1.29 is 14.6 Å². The third-order valence-corrected chi connectivity index (χ3v) is 2.44. The molecule has 1 N–H and O–H groups in total. The molecule has 2 aromatic rings. The number of fused-ring (bicyclic) bond motifs is 1. The van der Waals surface area contributed by atoms with E-state index in [1.54, 1.807) is 24.3 Å². The number of aromatic nitrogens is 1. The zero-order chi connectivity index (χ0) is 13.8. The lowest BCUT2D eigenvalue weighted by molar-refractivity contribution is -0.131. The summed E-state index contributed by atoms with van der Waals surface area (Å²) in [6, 6.07) is 6.57. The van der Waals surface area contributed by atoms with Crippen molar-refractivity contribution in [3.05, 3.63) is 47.2 Å². The molecule has 6 nitrogen and oxygen atoms in total. The molecule has 0 radical (unpaired) electrons. The van der Waals surface area contributed by atoms with Crippen molar-refractivity contribution in [3.8, 4) is 5.75 Å². The molecular formula is C13H10N3O3+. The van der Waals surface area contributed by atoms with Gasteiger partial charge in [0.15, 0.2) is 10.7 Å². The van der Waals surface area contributed by atoms with E-state index in [0.29, 0.717) is 22.2 Å². The number of benzene rings is 1. The Labute approximate surface area is 108 Å². The van der Waals surface area contributed by atoms with Gasteiger partial charge in [-0.05, 0) is 12.1 Å². The number of hydrogen-bond acceptors (Lipinski definition) is 5. The third-order valence-electron chi connectivity index (χ3n) is 2.44. The topological polar surface area (TPSA) is 87.6 Å². The fourth-order valence-corrected chi connectivity index (χ4v) is 1.73. The van der Waals surface area contributed by atoms with Gasteiger partial charge in [-0.1, -0.05) is 12.1 Å². The van der Waals surface area contributed by atoms with E-state index >= 15 is 0 Å². The first-order valence-corrected chi connectivity index (χ1v) is 5.43. The van der Waals surface area contributed by atoms with Crippen LogP contribution in [0.4, 0.5) is 0 Å². The van der Waals surface area contributed by atoms with E-state index in [-0.39, 0.29) is 5.76 Å². The Balaban J connectivity index is 2.68. The fraction of sp³-hybridized carbons (Fsp3) is 0.0769. The number of rotatable bonds is 2. The van der Waals surface area contributed by atoms with Gasteiger partial charge in [0, 0.05) is 24.1 Å². The maximum atomic E-state index is 11.0. The van der Waals surface area contributed by atoms with Crippen molar-refractivity contribution in [2.24, 2.45) is 0 Å². The lowest BCUT2D eigenvalue weighted by Crippen LogP contribution is -2.02. The first kappa shape index (κ1) is 12.5. The van der Waals surface area contributed by atoms with Crippen LogP contribution in [-0.4, -0.2) is 16.1 Å². The number of para-hydroxylation sites is 1. The Morgan fingerprint density at radius 3 is 2.95 bits per heavy atom. The summed E-state index contributed by atoms with van der Waals surface area (Å²) in [5, 5.41) is 18.8. The zero-order valence-corrected chi connectivity index (χ0v) is 10.1. The maximum Gasteiger partial charge on any atom is 0.392 e. The minimum Gasteiger partial charge on any atom is -0.501 e. The van der Waals surface area contributed by atoms with Crippen LogP contribution in [0.3, 0.4) is 0 Å². The van der Waals surface area contributed by atoms with Crippen molar-refractivity contribution in [1.82, 2.24) is 4.98 Å². The number of aliphatic hydroxyl groups excluding tert-OH is 1. The molecule has 0 spiro atoms. The molecule has 1 heterocycles. The minimum atomic E-state index is -0.454. The number of aliphatic hydroxyl groups is 1. The summed E-state index contributed by atoms with van der Waals surface area (Å²) in [5.74, 6) is -0.361. The van der Waals surface area contributed by atoms with Crippen LogP contribution in [0, 0.1) is 5.39 Å². The average Bonchev–Trinajstić information content (AvgIpc) is 2.38. The van der Waals surface area contributed by atoms with Crippen LogP contribution in [0.1, 0.15) is 12.5 Å². The molecule has 0 atom stereocenters. The highest BCUT2D eigenvalue weighted by atomic mass is 16.5. The number of nitrogens with zero attached hydrogens (tertiary/aromatic N) is 3. The number of esters is 1. The Morgan fingerprint density at radius 2 is 2.26 bits per heavy atom. The van der Waals surface area contributed by atoms with E-state index in [2.05, 4.69) is 9.96 Å². The maximum absolute atomic E-state index is 11.0. The number of carbonyl (C=O) groups excluding carboxylic acids is 1. The van der Waals surface area contributed by atoms with Gasteiger partial charge in [0.25, 0.3) is 0 Å². The molecule has 1 aromatic heterocycles. The average molecular weight is 256 g/mol. The van der Waals surface area contributed by atoms with Crippen molar-refractivity contribution in [1.29, 1.82) is 5.39 Å². The summed E-state index contributed by atoms with van der Waals surface area (Å²) < 4.78 is 5.05. The van der Waals surface area contributed by atoms with E-state index in [0.717, 1.165) is 6.20 Å². The summed E-state index contributed by atoms with van der Waals surface area (Å²) in [5.41, 5.74) is 0.866. The van der Waals surface area contributed by atoms with Crippen LogP contribution in [0.5, 0.6) is 5.75 Å². The van der Waals surface area contributed by atoms with E-state index < -0.39 is 5.97 Å². The van der Waals surface area contributed by atoms with Gasteiger partial charge in [-0.2, -0.15) is 0 Å². The molecule has 0 aliphatic heterocycles. The predicted molar refractivity (Wildman–Crippen MR) is 68.7 cm³/mol. The molecule has 0 saturated heterocycles. The van der Waals surface area contributed by atoms with Gasteiger partial charge in [-0.25, -0.2) is 0 Å². The third kappa shape index (κ3) is 2.50. The van der Waals surface area contributed by atoms with E-state index in [9.17, 15) is 9.90 Å². The second-order valence-electron chi connectivity index (χ2n) is 3.73. The highest BCUT2D eigenvalue weighted by Gasteiger charge is 2.13. The van der Waals surface area contributed by atoms with Gasteiger partial charge in [0.2, 0.25) is 11.2 Å². The molecule has 0 saturated carbocycles. The van der Waals surface area contributed by atoms with Crippen LogP contribution in [0.15, 0.2) is 36.7 Å². The number of carbonyl (C=O) groups is 1. The highest BCUT2D eigenvalue weighted by molar-refractivity contribution is 5.94. The SMILES string of the molecule is CC(=O)Oc1cccc2c(C(O)=C[N+]#N)ccnc12. The number of hydrogen-bond donors (Lipinski definition) is 1. The fourth-order valence-electron chi connectivity index (χ4n) is 1.73. The lowest BCUT2D eigenvalue weighted by Gasteiger charge is -2.07. The van der Waals surface area contributed by atoms with Gasteiger partial charge < -0.3 is 9.84 Å². The molecule has 94 valence electrons. The summed E-state index contributed by atoms with van der Waals surface area (Å²) in [6.07, 6.45) is 2.37. The van der Waals surface area contributed by atoms with Crippen molar-refractivity contribution in [3.63, 3.8) is 0 Å². The van der Waals surface area contributed by atoms with Gasteiger partial charge in [0.05, 0.1) is 0 Å². The van der Waals surface area contributed by atoms with Crippen LogP contribution < -0.4 is 4.74 Å². The van der Waals surface area contributed by atoms with Crippen LogP contribution in [-0.2, 0) is 4.79 Å². The molecule has 0 fully saturated rings. The molecule has 0 amide bonds. The Hall–Kier alpha value is -2.94. The van der Waals surface area contributed by atoms with Crippen molar-refractivity contribution in [2.75, 3.05) is 0 Å². The van der Waals surface area contributed by atoms with Crippen LogP contribution >= 0.6 is 0 Å². The molecule has 0 bridgehead atoms. The largest absolute Gasteiger partial charge is 0.501 e. The summed E-state index contributed by atoms with van der Waals surface area (Å²) in [6.45, 7) is 1.30. The number of ether oxygens (including phenoxy) is 1. The summed E-state index contributed by atoms with van der Waals surface area (Å²) in [7, 11) is 0. The Bertz CT molecular complexity index is 717. The Kier molecular flexibility index (Phi) is 3.39. The van der Waals surface area contributed by atoms with Crippen LogP contribution in [0.2, 0.25) is 0 Å². The van der Waals surface area contributed by atoms with E-state index in [1.807, 2.05) is 0 Å². The summed E-state index contributed by atoms with van der Waals surface area (Å²) in [4.78, 5) is 17.9. The van der Waals surface area contributed by atoms with E-state index in [1.165, 1.54) is 13.1 Å². The number of pyridine rings is 1. The first-order chi connectivity index (χ1) is 9.13. The molecule has 0 aliphatic carbocycles. The highest BCUT2D eigenvalue weighted by Crippen LogP contribution is 2.28. The van der Waals surface area contributed by atoms with Gasteiger partial charge in [0.1, 0.15) is 5.52 Å². The molecule has 2 rings (SSSR count). The molecule has 19 heavy (non-hydrogen) atoms. The first-order valence-electron chi connectivity index (χ1n) is 5.43. The lowest BCUT2D eigenvalue weighted by atomic mass is 10.1. The molecule has 0 aliphatic rings. The van der Waals surface area contributed by atoms with Gasteiger partial charge >= 0.3 is 12.2 Å². The van der Waals surface area contributed by atoms with Crippen molar-refractivity contribution in [2.45, 2.75) is 6.92 Å². The molecule has 6 heteroatoms. The quantitative estimate of drug-likeness (QED) is 0.386. The smallest absolute Gasteiger partial charge is 0.392 e. The van der Waals surface area contributed by atoms with Crippen LogP contribution in [0.25, 0.3) is 21.6 Å². The van der Waals surface area contributed by atoms with Gasteiger partial charge in [-0.3, -0.25) is 9.78 Å². The molecule has 0 unspecified atom stereocenters. The van der Waals surface area contributed by atoms with Crippen molar-refractivity contribution >= 4 is 22.6 Å².